The number of unbranched alkanes of at least 4 members (excludes halogenated alkanes) is 27. The molecule has 65 heavy (non-hydrogen) atoms. The highest BCUT2D eigenvalue weighted by Gasteiger charge is 2.24. The molecule has 3 nitrogen and oxygen atoms in total. The van der Waals surface area contributed by atoms with Gasteiger partial charge in [0.15, 0.2) is 0 Å². The smallest absolute Gasteiger partial charge is 0.306 e. The maximum Gasteiger partial charge on any atom is 0.306 e. The lowest BCUT2D eigenvalue weighted by molar-refractivity contribution is -0.153. The van der Waals surface area contributed by atoms with Gasteiger partial charge in [-0.05, 0) is 161 Å². The number of ether oxygens (including phenoxy) is 1. The highest BCUT2D eigenvalue weighted by Crippen LogP contribution is 2.28. The summed E-state index contributed by atoms with van der Waals surface area (Å²) in [7, 11) is 4.27. The Balaban J connectivity index is 5.09. The third-order valence-corrected chi connectivity index (χ3v) is 13.0. The summed E-state index contributed by atoms with van der Waals surface area (Å²) in [6.45, 7) is 7.91. The molecule has 0 aliphatic heterocycles. The fourth-order valence-electron chi connectivity index (χ4n) is 8.78. The van der Waals surface area contributed by atoms with Crippen LogP contribution in [0.4, 0.5) is 0 Å². The lowest BCUT2D eigenvalue weighted by Gasteiger charge is -2.28. The number of nitrogens with zero attached hydrogens (tertiary/aromatic N) is 1. The topological polar surface area (TPSA) is 29.5 Å². The minimum absolute atomic E-state index is 0.0597. The monoisotopic (exact) mass is 904 g/mol. The molecule has 0 N–H and O–H groups in total. The maximum atomic E-state index is 13.4. The Bertz CT molecular complexity index is 1130. The van der Waals surface area contributed by atoms with Crippen LogP contribution in [0, 0.1) is 5.92 Å². The fourth-order valence-corrected chi connectivity index (χ4v) is 8.78. The lowest BCUT2D eigenvalue weighted by atomic mass is 9.87. The average molecular weight is 905 g/mol. The van der Waals surface area contributed by atoms with Crippen LogP contribution in [-0.2, 0) is 9.53 Å². The quantitative estimate of drug-likeness (QED) is 0.0346. The summed E-state index contributed by atoms with van der Waals surface area (Å²) in [5.41, 5.74) is 0. The number of carbonyl (C=O) groups is 1. The van der Waals surface area contributed by atoms with Crippen molar-refractivity contribution in [3.8, 4) is 0 Å². The molecule has 0 amide bonds. The summed E-state index contributed by atoms with van der Waals surface area (Å²) in [6, 6.07) is 0. The van der Waals surface area contributed by atoms with Crippen molar-refractivity contribution in [2.45, 2.75) is 290 Å². The maximum absolute atomic E-state index is 13.4. The van der Waals surface area contributed by atoms with Crippen molar-refractivity contribution in [2.24, 2.45) is 5.92 Å². The van der Waals surface area contributed by atoms with Crippen molar-refractivity contribution in [2.75, 3.05) is 20.6 Å². The van der Waals surface area contributed by atoms with E-state index >= 15 is 0 Å². The van der Waals surface area contributed by atoms with Gasteiger partial charge in [0.2, 0.25) is 0 Å². The van der Waals surface area contributed by atoms with E-state index in [2.05, 4.69) is 113 Å². The molecule has 0 aliphatic carbocycles. The van der Waals surface area contributed by atoms with Crippen molar-refractivity contribution >= 4 is 5.97 Å². The van der Waals surface area contributed by atoms with Gasteiger partial charge in [0, 0.05) is 6.42 Å². The van der Waals surface area contributed by atoms with E-state index in [9.17, 15) is 4.79 Å². The molecule has 0 aromatic carbocycles. The molecule has 0 fully saturated rings. The molecule has 0 aromatic heterocycles. The summed E-state index contributed by atoms with van der Waals surface area (Å²) in [5, 5.41) is 0. The zero-order chi connectivity index (χ0) is 47.2. The normalized spacial score (nSPS) is 13.4. The molecule has 0 spiro atoms. The van der Waals surface area contributed by atoms with E-state index in [4.69, 9.17) is 4.74 Å². The van der Waals surface area contributed by atoms with Gasteiger partial charge in [0.25, 0.3) is 0 Å². The summed E-state index contributed by atoms with van der Waals surface area (Å²) in [5.74, 6) is 0.562. The van der Waals surface area contributed by atoms with Crippen molar-refractivity contribution < 1.29 is 9.53 Å². The van der Waals surface area contributed by atoms with Crippen LogP contribution in [0.1, 0.15) is 284 Å². The molecule has 0 heterocycles. The van der Waals surface area contributed by atoms with Crippen LogP contribution in [0.15, 0.2) is 72.9 Å². The molecule has 0 saturated heterocycles. The summed E-state index contributed by atoms with van der Waals surface area (Å²) < 4.78 is 6.53. The Morgan fingerprint density at radius 2 is 0.677 bits per heavy atom. The number of hydrogen-bond donors (Lipinski definition) is 0. The Hall–Kier alpha value is -2.13. The molecular weight excluding hydrogens is 791 g/mol. The average Bonchev–Trinajstić information content (AvgIpc) is 3.30. The first-order valence-corrected chi connectivity index (χ1v) is 28.8. The molecular formula is C62H113NO2. The summed E-state index contributed by atoms with van der Waals surface area (Å²) in [4.78, 5) is 15.6. The molecule has 0 rings (SSSR count). The van der Waals surface area contributed by atoms with E-state index in [1.165, 1.54) is 212 Å². The molecule has 0 saturated carbocycles. The summed E-state index contributed by atoms with van der Waals surface area (Å²) in [6.07, 6.45) is 78.9. The standard InChI is InChI=1S/C62H113NO2/c1-6-9-12-15-18-21-24-27-30-33-35-38-41-44-47-51-56-60(55-50-46-43-40-37-34-31-28-25-22-19-16-13-10-7-2)61(65-62(64)58-53-49-54-59-63(4)5)57-52-48-45-42-39-36-32-29-26-23-20-17-14-11-8-3/h18-23,27-32,60-61H,6-17,24-26,33-59H2,1-5H3. The van der Waals surface area contributed by atoms with Crippen LogP contribution in [0.5, 0.6) is 0 Å². The first-order chi connectivity index (χ1) is 32.0. The second kappa shape index (κ2) is 54.5. The first kappa shape index (κ1) is 62.9. The van der Waals surface area contributed by atoms with Crippen LogP contribution in [0.25, 0.3) is 0 Å². The Morgan fingerprint density at radius 1 is 0.369 bits per heavy atom. The zero-order valence-corrected chi connectivity index (χ0v) is 44.5. The van der Waals surface area contributed by atoms with Crippen LogP contribution in [0.3, 0.4) is 0 Å². The second-order valence-electron chi connectivity index (χ2n) is 19.8. The minimum atomic E-state index is 0.0597. The summed E-state index contributed by atoms with van der Waals surface area (Å²) >= 11 is 0. The van der Waals surface area contributed by atoms with Crippen molar-refractivity contribution in [3.05, 3.63) is 72.9 Å². The van der Waals surface area contributed by atoms with Crippen molar-refractivity contribution in [3.63, 3.8) is 0 Å². The van der Waals surface area contributed by atoms with Gasteiger partial charge in [-0.25, -0.2) is 0 Å². The van der Waals surface area contributed by atoms with Gasteiger partial charge in [0.05, 0.1) is 0 Å². The Labute approximate surface area is 408 Å². The number of rotatable bonds is 51. The number of hydrogen-bond acceptors (Lipinski definition) is 3. The minimum Gasteiger partial charge on any atom is -0.462 e. The van der Waals surface area contributed by atoms with Crippen molar-refractivity contribution in [1.82, 2.24) is 4.90 Å². The highest BCUT2D eigenvalue weighted by atomic mass is 16.5. The van der Waals surface area contributed by atoms with Gasteiger partial charge >= 0.3 is 5.97 Å². The fraction of sp³-hybridized carbons (Fsp3) is 0.790. The van der Waals surface area contributed by atoms with Gasteiger partial charge < -0.3 is 9.64 Å². The third-order valence-electron chi connectivity index (χ3n) is 13.0. The Kier molecular flexibility index (Phi) is 52.7. The van der Waals surface area contributed by atoms with Crippen LogP contribution in [-0.4, -0.2) is 37.6 Å². The molecule has 0 bridgehead atoms. The van der Waals surface area contributed by atoms with Gasteiger partial charge in [-0.1, -0.05) is 216 Å². The number of carbonyl (C=O) groups excluding carboxylic acids is 1. The van der Waals surface area contributed by atoms with E-state index in [1.54, 1.807) is 0 Å². The lowest BCUT2D eigenvalue weighted by Crippen LogP contribution is -2.27. The zero-order valence-electron chi connectivity index (χ0n) is 44.5. The third kappa shape index (κ3) is 51.1. The molecule has 3 heteroatoms. The van der Waals surface area contributed by atoms with Gasteiger partial charge in [-0.15, -0.1) is 0 Å². The van der Waals surface area contributed by atoms with Gasteiger partial charge in [-0.2, -0.15) is 0 Å². The first-order valence-electron chi connectivity index (χ1n) is 28.8. The molecule has 2 unspecified atom stereocenters. The van der Waals surface area contributed by atoms with E-state index in [0.29, 0.717) is 12.3 Å². The number of esters is 1. The van der Waals surface area contributed by atoms with Gasteiger partial charge in [0.1, 0.15) is 6.10 Å². The molecule has 2 atom stereocenters. The molecule has 0 aromatic rings. The SMILES string of the molecule is CCCCCC=CCC=CCCCCCCCCC(CCCCCCCC=CCC=CCCCCC)C(CCCCCCCC=CCC=CCCCCC)OC(=O)CCCCCN(C)C. The van der Waals surface area contributed by atoms with E-state index in [1.807, 2.05) is 0 Å². The van der Waals surface area contributed by atoms with E-state index in [-0.39, 0.29) is 12.1 Å². The van der Waals surface area contributed by atoms with Crippen LogP contribution in [0.2, 0.25) is 0 Å². The molecule has 378 valence electrons. The van der Waals surface area contributed by atoms with E-state index in [0.717, 1.165) is 51.5 Å². The Morgan fingerprint density at radius 3 is 1.03 bits per heavy atom. The van der Waals surface area contributed by atoms with Crippen LogP contribution < -0.4 is 0 Å². The highest BCUT2D eigenvalue weighted by molar-refractivity contribution is 5.69. The second-order valence-corrected chi connectivity index (χ2v) is 19.8. The molecule has 0 aliphatic rings. The molecule has 0 radical (unpaired) electrons. The van der Waals surface area contributed by atoms with Crippen LogP contribution >= 0.6 is 0 Å². The predicted octanol–water partition coefficient (Wildman–Crippen LogP) is 20.5. The van der Waals surface area contributed by atoms with Gasteiger partial charge in [-0.3, -0.25) is 4.79 Å². The predicted molar refractivity (Wildman–Crippen MR) is 293 cm³/mol. The van der Waals surface area contributed by atoms with Crippen molar-refractivity contribution in [1.29, 1.82) is 0 Å². The number of allylic oxidation sites excluding steroid dienone is 12. The largest absolute Gasteiger partial charge is 0.462 e. The van der Waals surface area contributed by atoms with E-state index < -0.39 is 0 Å².